The number of rotatable bonds is 2. The smallest absolute Gasteiger partial charge is 0.254 e. The lowest BCUT2D eigenvalue weighted by atomic mass is 10.0. The van der Waals surface area contributed by atoms with Crippen LogP contribution in [-0.4, -0.2) is 12.6 Å². The van der Waals surface area contributed by atoms with Gasteiger partial charge in [-0.1, -0.05) is 54.6 Å². The van der Waals surface area contributed by atoms with Crippen LogP contribution >= 0.6 is 0 Å². The van der Waals surface area contributed by atoms with Gasteiger partial charge in [-0.05, 0) is 35.4 Å². The molecule has 0 radical (unpaired) electrons. The molecule has 0 bridgehead atoms. The predicted octanol–water partition coefficient (Wildman–Crippen LogP) is 4.19. The fourth-order valence-electron chi connectivity index (χ4n) is 2.93. The van der Waals surface area contributed by atoms with Crippen molar-refractivity contribution in [1.29, 1.82) is 0 Å². The van der Waals surface area contributed by atoms with E-state index in [1.807, 2.05) is 42.5 Å². The van der Waals surface area contributed by atoms with Crippen molar-refractivity contribution in [3.63, 3.8) is 0 Å². The zero-order valence-electron chi connectivity index (χ0n) is 12.6. The van der Waals surface area contributed by atoms with Crippen LogP contribution in [0.4, 0.5) is 11.4 Å². The molecule has 0 spiro atoms. The van der Waals surface area contributed by atoms with Crippen molar-refractivity contribution < 1.29 is 4.79 Å². The maximum atomic E-state index is 12.0. The molecule has 0 unspecified atom stereocenters. The summed E-state index contributed by atoms with van der Waals surface area (Å²) >= 11 is 0. The molecule has 1 amide bonds. The number of hydrogen-bond donors (Lipinski definition) is 1. The largest absolute Gasteiger partial charge is 0.334 e. The Labute approximate surface area is 135 Å². The van der Waals surface area contributed by atoms with Crippen LogP contribution in [0.1, 0.15) is 10.4 Å². The van der Waals surface area contributed by atoms with Gasteiger partial charge >= 0.3 is 0 Å². The number of hydrogen-bond acceptors (Lipinski definition) is 2. The van der Waals surface area contributed by atoms with E-state index in [1.165, 1.54) is 11.1 Å². The first-order valence-corrected chi connectivity index (χ1v) is 7.63. The molecule has 3 nitrogen and oxygen atoms in total. The maximum Gasteiger partial charge on any atom is 0.254 e. The number of carbonyl (C=O) groups excluding carboxylic acids is 1. The van der Waals surface area contributed by atoms with Crippen molar-refractivity contribution in [3.8, 4) is 11.1 Å². The highest BCUT2D eigenvalue weighted by molar-refractivity contribution is 6.02. The maximum absolute atomic E-state index is 12.0. The molecular weight excluding hydrogens is 284 g/mol. The van der Waals surface area contributed by atoms with Crippen molar-refractivity contribution in [2.75, 3.05) is 11.6 Å². The quantitative estimate of drug-likeness (QED) is 0.769. The Hall–Kier alpha value is -3.07. The normalized spacial score (nSPS) is 13.4. The van der Waals surface area contributed by atoms with Gasteiger partial charge in [-0.25, -0.2) is 0 Å². The van der Waals surface area contributed by atoms with Gasteiger partial charge in [-0.2, -0.15) is 0 Å². The lowest BCUT2D eigenvalue weighted by molar-refractivity contribution is 0.0949. The van der Waals surface area contributed by atoms with Crippen LogP contribution in [0.5, 0.6) is 0 Å². The van der Waals surface area contributed by atoms with Gasteiger partial charge in [0, 0.05) is 5.69 Å². The molecule has 4 rings (SSSR count). The topological polar surface area (TPSA) is 32.3 Å². The van der Waals surface area contributed by atoms with Gasteiger partial charge in [0.15, 0.2) is 0 Å². The summed E-state index contributed by atoms with van der Waals surface area (Å²) in [4.78, 5) is 14.1. The highest BCUT2D eigenvalue weighted by Crippen LogP contribution is 2.31. The lowest BCUT2D eigenvalue weighted by Crippen LogP contribution is -2.40. The number of para-hydroxylation sites is 1. The van der Waals surface area contributed by atoms with E-state index in [9.17, 15) is 4.79 Å². The number of carbonyl (C=O) groups is 1. The molecule has 0 aromatic heterocycles. The van der Waals surface area contributed by atoms with E-state index >= 15 is 0 Å². The molecule has 1 aliphatic heterocycles. The average Bonchev–Trinajstić information content (AvgIpc) is 2.63. The second kappa shape index (κ2) is 5.61. The molecule has 23 heavy (non-hydrogen) atoms. The molecule has 3 heteroatoms. The summed E-state index contributed by atoms with van der Waals surface area (Å²) in [6.07, 6.45) is 0. The van der Waals surface area contributed by atoms with Gasteiger partial charge in [0.1, 0.15) is 0 Å². The Morgan fingerprint density at radius 3 is 2.17 bits per heavy atom. The zero-order chi connectivity index (χ0) is 15.6. The Balaban J connectivity index is 1.70. The summed E-state index contributed by atoms with van der Waals surface area (Å²) in [6.45, 7) is 0.487. The number of nitrogens with zero attached hydrogens (tertiary/aromatic N) is 1. The number of amides is 1. The first-order valence-electron chi connectivity index (χ1n) is 7.63. The summed E-state index contributed by atoms with van der Waals surface area (Å²) < 4.78 is 0. The number of nitrogens with one attached hydrogen (secondary N) is 1. The van der Waals surface area contributed by atoms with Crippen LogP contribution < -0.4 is 10.2 Å². The molecular formula is C20H16N2O. The molecule has 0 saturated carbocycles. The Kier molecular flexibility index (Phi) is 3.31. The number of fused-ring (bicyclic) bond motifs is 1. The SMILES string of the molecule is O=C1NCN(c2ccc(-c3ccccc3)cc2)c2ccccc21. The first-order chi connectivity index (χ1) is 11.3. The molecule has 0 aliphatic carbocycles. The first kappa shape index (κ1) is 13.6. The molecule has 3 aromatic rings. The summed E-state index contributed by atoms with van der Waals surface area (Å²) in [7, 11) is 0. The van der Waals surface area contributed by atoms with Crippen LogP contribution in [0.15, 0.2) is 78.9 Å². The van der Waals surface area contributed by atoms with Crippen molar-refractivity contribution in [3.05, 3.63) is 84.4 Å². The average molecular weight is 300 g/mol. The fourth-order valence-corrected chi connectivity index (χ4v) is 2.93. The van der Waals surface area contributed by atoms with Gasteiger partial charge < -0.3 is 10.2 Å². The number of anilines is 2. The van der Waals surface area contributed by atoms with Crippen LogP contribution in [0, 0.1) is 0 Å². The minimum absolute atomic E-state index is 0.0160. The van der Waals surface area contributed by atoms with Gasteiger partial charge in [-0.3, -0.25) is 4.79 Å². The molecule has 1 aliphatic rings. The minimum atomic E-state index is -0.0160. The van der Waals surface area contributed by atoms with Crippen LogP contribution in [0.3, 0.4) is 0 Å². The standard InChI is InChI=1S/C20H16N2O/c23-20-18-8-4-5-9-19(18)22(14-21-20)17-12-10-16(11-13-17)15-6-2-1-3-7-15/h1-13H,14H2,(H,21,23). The third-order valence-electron chi connectivity index (χ3n) is 4.12. The highest BCUT2D eigenvalue weighted by Gasteiger charge is 2.22. The fraction of sp³-hybridized carbons (Fsp3) is 0.0500. The van der Waals surface area contributed by atoms with Crippen molar-refractivity contribution >= 4 is 17.3 Å². The van der Waals surface area contributed by atoms with E-state index < -0.39 is 0 Å². The monoisotopic (exact) mass is 300 g/mol. The van der Waals surface area contributed by atoms with Crippen LogP contribution in [-0.2, 0) is 0 Å². The molecule has 0 atom stereocenters. The Bertz CT molecular complexity index is 841. The highest BCUT2D eigenvalue weighted by atomic mass is 16.2. The molecule has 1 N–H and O–H groups in total. The molecule has 0 saturated heterocycles. The molecule has 1 heterocycles. The summed E-state index contributed by atoms with van der Waals surface area (Å²) in [6, 6.07) is 26.4. The number of benzene rings is 3. The van der Waals surface area contributed by atoms with E-state index in [-0.39, 0.29) is 5.91 Å². The van der Waals surface area contributed by atoms with E-state index in [0.29, 0.717) is 12.2 Å². The van der Waals surface area contributed by atoms with E-state index in [1.54, 1.807) is 0 Å². The summed E-state index contributed by atoms with van der Waals surface area (Å²) in [5, 5.41) is 2.92. The molecule has 112 valence electrons. The van der Waals surface area contributed by atoms with E-state index in [2.05, 4.69) is 46.6 Å². The van der Waals surface area contributed by atoms with Gasteiger partial charge in [0.25, 0.3) is 5.91 Å². The third-order valence-corrected chi connectivity index (χ3v) is 4.12. The molecule has 0 fully saturated rings. The summed E-state index contributed by atoms with van der Waals surface area (Å²) in [5.74, 6) is -0.0160. The third kappa shape index (κ3) is 2.46. The van der Waals surface area contributed by atoms with Crippen LogP contribution in [0.25, 0.3) is 11.1 Å². The lowest BCUT2D eigenvalue weighted by Gasteiger charge is -2.31. The van der Waals surface area contributed by atoms with E-state index in [0.717, 1.165) is 11.4 Å². The van der Waals surface area contributed by atoms with Gasteiger partial charge in [0.2, 0.25) is 0 Å². The Morgan fingerprint density at radius 1 is 0.739 bits per heavy atom. The van der Waals surface area contributed by atoms with Crippen molar-refractivity contribution in [1.82, 2.24) is 5.32 Å². The molecule has 3 aromatic carbocycles. The second-order valence-electron chi connectivity index (χ2n) is 5.52. The minimum Gasteiger partial charge on any atom is -0.334 e. The van der Waals surface area contributed by atoms with E-state index in [4.69, 9.17) is 0 Å². The van der Waals surface area contributed by atoms with Gasteiger partial charge in [0.05, 0.1) is 17.9 Å². The second-order valence-corrected chi connectivity index (χ2v) is 5.52. The summed E-state index contributed by atoms with van der Waals surface area (Å²) in [5.41, 5.74) is 5.11. The van der Waals surface area contributed by atoms with Crippen molar-refractivity contribution in [2.45, 2.75) is 0 Å². The van der Waals surface area contributed by atoms with Crippen molar-refractivity contribution in [2.24, 2.45) is 0 Å². The zero-order valence-corrected chi connectivity index (χ0v) is 12.6. The Morgan fingerprint density at radius 2 is 1.39 bits per heavy atom. The van der Waals surface area contributed by atoms with Gasteiger partial charge in [-0.15, -0.1) is 0 Å². The van der Waals surface area contributed by atoms with Crippen LogP contribution in [0.2, 0.25) is 0 Å². The predicted molar refractivity (Wildman–Crippen MR) is 92.8 cm³/mol.